The molecule has 28 nitrogen and oxygen atoms in total. The Bertz CT molecular complexity index is 3400. The van der Waals surface area contributed by atoms with Gasteiger partial charge in [-0.25, -0.2) is 14.4 Å². The molecule has 604 valence electrons. The summed E-state index contributed by atoms with van der Waals surface area (Å²) in [6, 6.07) is 2.10. The summed E-state index contributed by atoms with van der Waals surface area (Å²) in [4.78, 5) is 153. The van der Waals surface area contributed by atoms with Gasteiger partial charge in [0.15, 0.2) is 30.8 Å². The Kier molecular flexibility index (Phi) is 26.2. The standard InChI is InChI=1S/C17H21NO6.C16H22O6.C14H20O4.C13H18O5.C10H16O4.C10H20O2/c1-4-16(2,3)14(20)22-7-11(19)23-12-9-5-10-13(12)24-15(21)17(10,6-9)8-18;1-4-16(2,3)15(19)20-7-11(17)21-12-8-5-9-10(6-8)14(18)22-13(9)12;1-4-14(2,3)13(16)18-10-7-5-8-9(6-7)12(15)17-11(8)10;1-4-13(2,3)12(15)18-9-7-5-6-8(16-7)10(9)17-11(6)14;1-4-10(2,3)9(12)14-7-5-6-13-8(7)11;1-7-10(5,6)8(11)12-9(2,3)4/h9-10,12-13H,4-7H2,1-3H3;8-10,12-13H,4-7H2,1-3H3;7-11H,4-6H2,1-3H3;6-10H,4-5H2,1-3H3;7H,4-6H2,1-3H3;7H2,1-6H3. The van der Waals surface area contributed by atoms with Crippen LogP contribution in [0.15, 0.2) is 0 Å². The molecule has 0 aromatic heterocycles. The van der Waals surface area contributed by atoms with Crippen LogP contribution in [0.5, 0.6) is 0 Å². The number of carbonyl (C=O) groups excluding carboxylic acids is 13. The van der Waals surface area contributed by atoms with Gasteiger partial charge in [-0.2, -0.15) is 5.26 Å². The molecule has 0 amide bonds. The molecule has 0 aromatic rings. The average Bonchev–Trinajstić information content (AvgIpc) is 1.54. The Morgan fingerprint density at radius 1 is 0.426 bits per heavy atom. The van der Waals surface area contributed by atoms with Crippen molar-refractivity contribution in [2.45, 2.75) is 308 Å². The topological polar surface area (TPSA) is 375 Å². The predicted molar refractivity (Wildman–Crippen MR) is 377 cm³/mol. The molecule has 7 saturated heterocycles. The first-order valence-electron chi connectivity index (χ1n) is 38.8. The number of carbonyl (C=O) groups is 13. The first-order valence-corrected chi connectivity index (χ1v) is 38.8. The lowest BCUT2D eigenvalue weighted by Gasteiger charge is -2.29. The third-order valence-corrected chi connectivity index (χ3v) is 25.2. The molecule has 13 rings (SSSR count). The number of rotatable bonds is 21. The number of hydrogen-bond donors (Lipinski definition) is 0. The Morgan fingerprint density at radius 3 is 1.25 bits per heavy atom. The van der Waals surface area contributed by atoms with Gasteiger partial charge in [0.05, 0.1) is 69.0 Å². The van der Waals surface area contributed by atoms with Gasteiger partial charge in [-0.3, -0.25) is 47.9 Å². The Morgan fingerprint density at radius 2 is 0.824 bits per heavy atom. The molecule has 7 aliphatic heterocycles. The van der Waals surface area contributed by atoms with Gasteiger partial charge in [0.25, 0.3) is 0 Å². The van der Waals surface area contributed by atoms with Crippen LogP contribution in [0.1, 0.15) is 235 Å². The van der Waals surface area contributed by atoms with Crippen LogP contribution in [0.3, 0.4) is 0 Å². The van der Waals surface area contributed by atoms with E-state index in [0.29, 0.717) is 69.8 Å². The summed E-state index contributed by atoms with van der Waals surface area (Å²) in [6.07, 6.45) is 5.69. The summed E-state index contributed by atoms with van der Waals surface area (Å²) in [5.74, 6) is -3.65. The van der Waals surface area contributed by atoms with E-state index in [4.69, 9.17) is 66.3 Å². The SMILES string of the molecule is CCC(C)(C)C(=O)OC(C)(C)C.CCC(C)(C)C(=O)OC1C2CC3C(=O)OC1C3C2.CCC(C)(C)C(=O)OC1C2CC3C(=O)OC1C3O2.CCC(C)(C)C(=O)OC1CCOC1=O.CCC(C)(C)C(=O)OCC(=O)OC1C2CC3C(=O)OC1C3C2.CCC(C)(C)C(=O)OCC(=O)OC1C2CC3C1OC(=O)C3(C#N)C2. The summed E-state index contributed by atoms with van der Waals surface area (Å²) >= 11 is 0. The highest BCUT2D eigenvalue weighted by molar-refractivity contribution is 5.86. The van der Waals surface area contributed by atoms with Crippen molar-refractivity contribution in [2.75, 3.05) is 19.8 Å². The molecule has 28 heteroatoms. The predicted octanol–water partition coefficient (Wildman–Crippen LogP) is 9.82. The fraction of sp³-hybridized carbons (Fsp3) is 0.825. The van der Waals surface area contributed by atoms with Crippen molar-refractivity contribution in [2.24, 2.45) is 91.2 Å². The van der Waals surface area contributed by atoms with Gasteiger partial charge < -0.3 is 66.3 Å². The van der Waals surface area contributed by atoms with E-state index in [2.05, 4.69) is 6.07 Å². The second kappa shape index (κ2) is 32.9. The highest BCUT2D eigenvalue weighted by atomic mass is 16.7. The van der Waals surface area contributed by atoms with Crippen molar-refractivity contribution in [1.29, 1.82) is 5.26 Å². The van der Waals surface area contributed by atoms with Crippen molar-refractivity contribution >= 4 is 77.6 Å². The molecule has 8 bridgehead atoms. The van der Waals surface area contributed by atoms with Gasteiger partial charge in [0.2, 0.25) is 6.10 Å². The lowest BCUT2D eigenvalue weighted by atomic mass is 9.75. The summed E-state index contributed by atoms with van der Waals surface area (Å²) in [5, 5.41) is 9.33. The first kappa shape index (κ1) is 86.2. The van der Waals surface area contributed by atoms with Gasteiger partial charge in [-0.1, -0.05) is 41.5 Å². The second-order valence-electron chi connectivity index (χ2n) is 36.0. The second-order valence-corrected chi connectivity index (χ2v) is 36.0. The summed E-state index contributed by atoms with van der Waals surface area (Å²) in [5.41, 5.74) is -4.54. The lowest BCUT2D eigenvalue weighted by molar-refractivity contribution is -0.172. The lowest BCUT2D eigenvalue weighted by Crippen LogP contribution is -2.42. The van der Waals surface area contributed by atoms with Crippen LogP contribution in [0.2, 0.25) is 0 Å². The number of fused-ring (bicyclic) bond motifs is 4. The maximum atomic E-state index is 12.1. The van der Waals surface area contributed by atoms with Gasteiger partial charge in [0, 0.05) is 41.9 Å². The number of cyclic esters (lactones) is 1. The molecule has 0 radical (unpaired) electrons. The monoisotopic (exact) mass is 1520 g/mol. The van der Waals surface area contributed by atoms with Crippen molar-refractivity contribution in [3.8, 4) is 6.07 Å². The van der Waals surface area contributed by atoms with Crippen LogP contribution in [0, 0.1) is 102 Å². The van der Waals surface area contributed by atoms with E-state index >= 15 is 0 Å². The molecular formula is C80H117NO27. The molecule has 108 heavy (non-hydrogen) atoms. The minimum Gasteiger partial charge on any atom is -0.463 e. The number of hydrogen-bond acceptors (Lipinski definition) is 28. The molecule has 6 saturated carbocycles. The highest BCUT2D eigenvalue weighted by Gasteiger charge is 2.73. The fourth-order valence-corrected chi connectivity index (χ4v) is 15.5. The normalized spacial score (nSPS) is 33.2. The van der Waals surface area contributed by atoms with E-state index in [1.54, 1.807) is 41.5 Å². The zero-order valence-corrected chi connectivity index (χ0v) is 67.0. The van der Waals surface area contributed by atoms with Crippen LogP contribution in [-0.2, 0) is 129 Å². The average molecular weight is 1520 g/mol. The summed E-state index contributed by atoms with van der Waals surface area (Å²) in [6.45, 7) is 38.7. The van der Waals surface area contributed by atoms with Gasteiger partial charge in [-0.05, 0) is 187 Å². The number of esters is 13. The molecule has 7 heterocycles. The molecule has 13 fully saturated rings. The van der Waals surface area contributed by atoms with E-state index in [1.807, 2.05) is 104 Å². The smallest absolute Gasteiger partial charge is 0.347 e. The van der Waals surface area contributed by atoms with Crippen molar-refractivity contribution in [3.63, 3.8) is 0 Å². The van der Waals surface area contributed by atoms with E-state index < -0.39 is 105 Å². The minimum atomic E-state index is -1.06. The largest absolute Gasteiger partial charge is 0.463 e. The van der Waals surface area contributed by atoms with Crippen molar-refractivity contribution < 1.29 is 129 Å². The summed E-state index contributed by atoms with van der Waals surface area (Å²) < 4.78 is 74.0. The van der Waals surface area contributed by atoms with Crippen LogP contribution in [0.4, 0.5) is 0 Å². The quantitative estimate of drug-likeness (QED) is 0.0761. The van der Waals surface area contributed by atoms with Gasteiger partial charge in [-0.15, -0.1) is 0 Å². The van der Waals surface area contributed by atoms with Crippen LogP contribution >= 0.6 is 0 Å². The zero-order chi connectivity index (χ0) is 80.7. The van der Waals surface area contributed by atoms with Crippen molar-refractivity contribution in [3.05, 3.63) is 0 Å². The molecule has 13 aliphatic rings. The molecule has 21 atom stereocenters. The molecule has 0 N–H and O–H groups in total. The number of nitriles is 1. The maximum Gasteiger partial charge on any atom is 0.347 e. The molecule has 21 unspecified atom stereocenters. The minimum absolute atomic E-state index is 0.00636. The Hall–Kier alpha value is -7.44. The third-order valence-electron chi connectivity index (χ3n) is 25.2. The maximum absolute atomic E-state index is 12.1. The zero-order valence-electron chi connectivity index (χ0n) is 67.0. The van der Waals surface area contributed by atoms with E-state index in [9.17, 15) is 67.6 Å². The van der Waals surface area contributed by atoms with Crippen LogP contribution in [-0.4, -0.2) is 170 Å². The number of nitrogens with zero attached hydrogens (tertiary/aromatic N) is 1. The van der Waals surface area contributed by atoms with E-state index in [-0.39, 0.29) is 137 Å². The fourth-order valence-electron chi connectivity index (χ4n) is 15.5. The van der Waals surface area contributed by atoms with Crippen LogP contribution < -0.4 is 0 Å². The molecule has 0 spiro atoms. The molecule has 0 aromatic carbocycles. The molecular weight excluding hydrogens is 1410 g/mol. The van der Waals surface area contributed by atoms with E-state index in [1.165, 1.54) is 0 Å². The Labute approximate surface area is 634 Å². The van der Waals surface area contributed by atoms with Gasteiger partial charge >= 0.3 is 77.6 Å². The summed E-state index contributed by atoms with van der Waals surface area (Å²) in [7, 11) is 0. The molecule has 6 aliphatic carbocycles. The van der Waals surface area contributed by atoms with E-state index in [0.717, 1.165) is 38.5 Å². The van der Waals surface area contributed by atoms with Crippen LogP contribution in [0.25, 0.3) is 0 Å². The highest BCUT2D eigenvalue weighted by Crippen LogP contribution is 2.63. The third kappa shape index (κ3) is 18.1. The van der Waals surface area contributed by atoms with Crippen molar-refractivity contribution in [1.82, 2.24) is 0 Å². The first-order chi connectivity index (χ1) is 50.1. The Balaban J connectivity index is 0.000000166. The number of ether oxygens (including phenoxy) is 14. The van der Waals surface area contributed by atoms with Gasteiger partial charge in [0.1, 0.15) is 48.3 Å².